The first-order valence-electron chi connectivity index (χ1n) is 23.3. The molecule has 0 fully saturated rings. The predicted molar refractivity (Wildman–Crippen MR) is 287 cm³/mol. The van der Waals surface area contributed by atoms with Gasteiger partial charge in [-0.2, -0.15) is 0 Å². The second-order valence-corrected chi connectivity index (χ2v) is 29.8. The zero-order valence-electron chi connectivity index (χ0n) is 47.2. The molecule has 0 aliphatic rings. The van der Waals surface area contributed by atoms with Gasteiger partial charge < -0.3 is 43.0 Å². The van der Waals surface area contributed by atoms with Crippen molar-refractivity contribution >= 4 is 53.1 Å². The minimum Gasteiger partial charge on any atom is -0.747 e. The molecule has 0 aromatic heterocycles. The van der Waals surface area contributed by atoms with Gasteiger partial charge in [-0.15, -0.1) is 0 Å². The average molecular weight is 1260 g/mol. The van der Waals surface area contributed by atoms with E-state index in [1.807, 2.05) is 20.8 Å². The average Bonchev–Trinajstić information content (AvgIpc) is 3.15. The Morgan fingerprint density at radius 1 is 0.333 bits per heavy atom. The smallest absolute Gasteiger partial charge is 0.747 e. The van der Waals surface area contributed by atoms with Crippen LogP contribution in [0.2, 0.25) is 0 Å². The van der Waals surface area contributed by atoms with Crippen molar-refractivity contribution < 1.29 is 236 Å². The van der Waals surface area contributed by atoms with E-state index in [4.69, 9.17) is 29.4 Å². The summed E-state index contributed by atoms with van der Waals surface area (Å²) in [6, 6.07) is 0. The SMILES string of the molecule is CC(C)=CCC/C(C)=C/CC/C(C)=C/CC(P(=O)(O)O)S(=O)(=O)[O-].CC(C)=CCC/C(C)=C/CC/C(C)=C/CC(P(=O)(O)O)S(=O)(=O)[O-].CC(C)=CCC/C(C)=C/CC/C(C)=C/CC(P(=O)(O)O)S(=O)(=O)[O-].[K+].[K+].[K+]. The molecule has 0 aliphatic heterocycles. The Balaban J connectivity index is -0.000000233. The van der Waals surface area contributed by atoms with Crippen LogP contribution in [0.25, 0.3) is 0 Å². The van der Waals surface area contributed by atoms with Gasteiger partial charge in [0, 0.05) is 0 Å². The van der Waals surface area contributed by atoms with Gasteiger partial charge in [0.15, 0.2) is 15.0 Å². The van der Waals surface area contributed by atoms with Gasteiger partial charge in [-0.3, -0.25) is 13.7 Å². The van der Waals surface area contributed by atoms with Crippen LogP contribution in [0.5, 0.6) is 0 Å². The molecule has 0 aromatic rings. The molecule has 6 N–H and O–H groups in total. The Hall–Kier alpha value is 2.75. The third kappa shape index (κ3) is 53.2. The summed E-state index contributed by atoms with van der Waals surface area (Å²) in [5.74, 6) is 0. The zero-order chi connectivity index (χ0) is 56.9. The molecule has 420 valence electrons. The fourth-order valence-corrected chi connectivity index (χ4v) is 12.4. The second kappa shape index (κ2) is 45.2. The molecular weight excluding hydrogens is 1170 g/mol. The van der Waals surface area contributed by atoms with E-state index in [1.165, 1.54) is 51.7 Å². The third-order valence-corrected chi connectivity index (χ3v) is 20.8. The van der Waals surface area contributed by atoms with Gasteiger partial charge in [0.25, 0.3) is 0 Å². The standard InChI is InChI=1S/3C16H29O6PS.3K/c3*1-13(2)7-5-8-14(3)9-6-10-15(4)11-12-16(23(17,18)19)24(20,21)22;;;/h3*7,9,11,16H,5-6,8,10,12H2,1-4H3,(H2,17,18,19)(H,20,21,22);;;/q;;;3*+1/p-3/b3*14-9+,15-11+;;;. The van der Waals surface area contributed by atoms with Crippen LogP contribution in [-0.4, -0.2) is 83.2 Å². The first-order chi connectivity index (χ1) is 32.5. The zero-order valence-corrected chi connectivity index (χ0v) is 61.7. The number of allylic oxidation sites excluding steroid dienone is 18. The van der Waals surface area contributed by atoms with Crippen LogP contribution in [0, 0.1) is 0 Å². The van der Waals surface area contributed by atoms with Gasteiger partial charge in [0.1, 0.15) is 30.4 Å². The molecule has 0 aliphatic carbocycles. The first-order valence-corrected chi connectivity index (χ1v) is 32.8. The molecule has 3 atom stereocenters. The van der Waals surface area contributed by atoms with Crippen molar-refractivity contribution in [3.63, 3.8) is 0 Å². The summed E-state index contributed by atoms with van der Waals surface area (Å²) in [7, 11) is -30.1. The molecule has 0 bridgehead atoms. The molecule has 0 saturated heterocycles. The molecular formula is C48H84K3O18P3S3. The summed E-state index contributed by atoms with van der Waals surface area (Å²) in [5, 5.41) is 0. The van der Waals surface area contributed by atoms with Crippen LogP contribution < -0.4 is 154 Å². The minimum absolute atomic E-state index is 0. The quantitative estimate of drug-likeness (QED) is 0.0260. The van der Waals surface area contributed by atoms with E-state index in [0.717, 1.165) is 74.5 Å². The summed E-state index contributed by atoms with van der Waals surface area (Å²) >= 11 is 0. The normalized spacial score (nSPS) is 14.7. The van der Waals surface area contributed by atoms with E-state index in [2.05, 4.69) is 78.0 Å². The monoisotopic (exact) mass is 1250 g/mol. The number of hydrogen-bond acceptors (Lipinski definition) is 12. The maximum absolute atomic E-state index is 11.1. The second-order valence-electron chi connectivity index (χ2n) is 18.7. The van der Waals surface area contributed by atoms with Crippen LogP contribution in [0.3, 0.4) is 0 Å². The Morgan fingerprint density at radius 3 is 0.613 bits per heavy atom. The molecule has 0 radical (unpaired) electrons. The number of hydrogen-bond donors (Lipinski definition) is 6. The third-order valence-electron chi connectivity index (χ3n) is 10.5. The molecule has 27 heteroatoms. The summed E-state index contributed by atoms with van der Waals surface area (Å²) in [5.41, 5.74) is 10.0. The van der Waals surface area contributed by atoms with Gasteiger partial charge in [0.2, 0.25) is 0 Å². The van der Waals surface area contributed by atoms with E-state index in [0.29, 0.717) is 19.3 Å². The first kappa shape index (κ1) is 89.0. The van der Waals surface area contributed by atoms with Gasteiger partial charge in [0.05, 0.1) is 0 Å². The molecule has 75 heavy (non-hydrogen) atoms. The Morgan fingerprint density at radius 2 is 0.480 bits per heavy atom. The van der Waals surface area contributed by atoms with Crippen molar-refractivity contribution in [1.82, 2.24) is 0 Å². The predicted octanol–water partition coefficient (Wildman–Crippen LogP) is 2.55. The Labute approximate surface area is 579 Å². The molecule has 18 nitrogen and oxygen atoms in total. The van der Waals surface area contributed by atoms with E-state index >= 15 is 0 Å². The van der Waals surface area contributed by atoms with Gasteiger partial charge >= 0.3 is 177 Å². The van der Waals surface area contributed by atoms with Crippen molar-refractivity contribution in [2.45, 2.75) is 194 Å². The van der Waals surface area contributed by atoms with Crippen molar-refractivity contribution in [2.75, 3.05) is 0 Å². The summed E-state index contributed by atoms with van der Waals surface area (Å²) < 4.78 is 132. The van der Waals surface area contributed by atoms with Crippen LogP contribution in [0.1, 0.15) is 179 Å². The van der Waals surface area contributed by atoms with Crippen molar-refractivity contribution in [2.24, 2.45) is 0 Å². The van der Waals surface area contributed by atoms with E-state index < -0.39 is 87.4 Å². The summed E-state index contributed by atoms with van der Waals surface area (Å²) in [4.78, 5) is 47.3. The van der Waals surface area contributed by atoms with Crippen LogP contribution >= 0.6 is 22.8 Å². The fraction of sp³-hybridized carbons (Fsp3) is 0.625. The van der Waals surface area contributed by atoms with E-state index in [9.17, 15) is 52.6 Å². The van der Waals surface area contributed by atoms with Crippen LogP contribution in [0.4, 0.5) is 0 Å². The number of rotatable bonds is 30. The van der Waals surface area contributed by atoms with Crippen molar-refractivity contribution in [3.8, 4) is 0 Å². The summed E-state index contributed by atoms with van der Waals surface area (Å²) in [6.07, 6.45) is 25.8. The summed E-state index contributed by atoms with van der Waals surface area (Å²) in [6.45, 7) is 23.7. The Bertz CT molecular complexity index is 2200. The van der Waals surface area contributed by atoms with E-state index in [-0.39, 0.29) is 154 Å². The molecule has 0 rings (SSSR count). The van der Waals surface area contributed by atoms with Crippen LogP contribution in [-0.2, 0) is 44.0 Å². The van der Waals surface area contributed by atoms with E-state index in [1.54, 1.807) is 20.8 Å². The molecule has 3 unspecified atom stereocenters. The largest absolute Gasteiger partial charge is 1.00 e. The topological polar surface area (TPSA) is 344 Å². The van der Waals surface area contributed by atoms with Crippen molar-refractivity contribution in [1.29, 1.82) is 0 Å². The molecule has 0 heterocycles. The Kier molecular flexibility index (Phi) is 53.6. The van der Waals surface area contributed by atoms with Gasteiger partial charge in [-0.1, -0.05) is 105 Å². The fourth-order valence-electron chi connectivity index (χ4n) is 6.19. The maximum atomic E-state index is 11.1. The maximum Gasteiger partial charge on any atom is 1.00 e. The molecule has 0 saturated carbocycles. The van der Waals surface area contributed by atoms with Gasteiger partial charge in [-0.25, -0.2) is 25.3 Å². The van der Waals surface area contributed by atoms with Gasteiger partial charge in [-0.05, 0) is 179 Å². The van der Waals surface area contributed by atoms with Crippen molar-refractivity contribution in [3.05, 3.63) is 105 Å². The molecule has 0 spiro atoms. The molecule has 0 aromatic carbocycles. The minimum atomic E-state index is -5.04. The van der Waals surface area contributed by atoms with Crippen LogP contribution in [0.15, 0.2) is 105 Å². The molecule has 0 amide bonds.